The lowest BCUT2D eigenvalue weighted by atomic mass is 9.88. The number of hydrogen-bond acceptors (Lipinski definition) is 27. The number of phenols is 1. The summed E-state index contributed by atoms with van der Waals surface area (Å²) in [7, 11) is 0. The van der Waals surface area contributed by atoms with Crippen molar-refractivity contribution in [2.75, 3.05) is 38.3 Å². The van der Waals surface area contributed by atoms with Gasteiger partial charge in [0.2, 0.25) is 11.8 Å². The van der Waals surface area contributed by atoms with Gasteiger partial charge in [0.1, 0.15) is 102 Å². The van der Waals surface area contributed by atoms with E-state index in [0.717, 1.165) is 13.8 Å². The van der Waals surface area contributed by atoms with E-state index in [9.17, 15) is 95.5 Å². The smallest absolute Gasteiger partial charge is 0.364 e. The van der Waals surface area contributed by atoms with Crippen molar-refractivity contribution in [3.63, 3.8) is 0 Å². The third-order valence-corrected chi connectivity index (χ3v) is 16.3. The van der Waals surface area contributed by atoms with Crippen molar-refractivity contribution in [2.45, 2.75) is 181 Å². The quantitative estimate of drug-likeness (QED) is 0.0175. The molecule has 91 heavy (non-hydrogen) atoms. The number of carboxylic acid groups (broad SMARTS) is 2. The highest BCUT2D eigenvalue weighted by molar-refractivity contribution is 7.80. The Morgan fingerprint density at radius 3 is 2.05 bits per heavy atom. The number of thiocarbonyl (C=S) groups is 1. The minimum absolute atomic E-state index is 0.0630. The van der Waals surface area contributed by atoms with Crippen molar-refractivity contribution in [1.29, 1.82) is 0 Å². The number of benzene rings is 3. The van der Waals surface area contributed by atoms with Gasteiger partial charge in [-0.2, -0.15) is 0 Å². The van der Waals surface area contributed by atoms with E-state index in [1.54, 1.807) is 24.3 Å². The van der Waals surface area contributed by atoms with Crippen LogP contribution in [-0.4, -0.2) is 262 Å². The van der Waals surface area contributed by atoms with Crippen molar-refractivity contribution >= 4 is 57.7 Å². The number of hydrogen-bond donors (Lipinski definition) is 18. The second-order valence-corrected chi connectivity index (χ2v) is 23.0. The van der Waals surface area contributed by atoms with Gasteiger partial charge in [-0.3, -0.25) is 14.4 Å². The Labute approximate surface area is 523 Å². The van der Waals surface area contributed by atoms with Crippen LogP contribution < -0.4 is 26.7 Å². The summed E-state index contributed by atoms with van der Waals surface area (Å²) in [5.74, 6) is -7.90. The van der Waals surface area contributed by atoms with Crippen LogP contribution in [0.4, 0.5) is 5.69 Å². The second-order valence-electron chi connectivity index (χ2n) is 22.5. The van der Waals surface area contributed by atoms with Crippen molar-refractivity contribution in [2.24, 2.45) is 0 Å². The molecule has 1 aliphatic carbocycles. The maximum atomic E-state index is 13.2. The van der Waals surface area contributed by atoms with Crippen LogP contribution in [0.3, 0.4) is 0 Å². The minimum atomic E-state index is -3.17. The first-order valence-electron chi connectivity index (χ1n) is 29.1. The number of anilines is 1. The third-order valence-electron chi connectivity index (χ3n) is 16.0. The van der Waals surface area contributed by atoms with E-state index in [2.05, 4.69) is 21.3 Å². The van der Waals surface area contributed by atoms with Crippen molar-refractivity contribution < 1.29 is 133 Å². The first-order chi connectivity index (χ1) is 43.2. The van der Waals surface area contributed by atoms with Crippen molar-refractivity contribution in [3.8, 4) is 28.2 Å². The van der Waals surface area contributed by atoms with E-state index in [-0.39, 0.29) is 39.8 Å². The Kier molecular flexibility index (Phi) is 23.8. The van der Waals surface area contributed by atoms with Crippen molar-refractivity contribution in [3.05, 3.63) is 70.4 Å². The zero-order chi connectivity index (χ0) is 66.3. The van der Waals surface area contributed by atoms with Gasteiger partial charge in [-0.1, -0.05) is 18.9 Å². The van der Waals surface area contributed by atoms with Crippen LogP contribution in [0.25, 0.3) is 33.4 Å². The fraction of sp³-hybridized carbons (Fsp3) is 0.586. The largest absolute Gasteiger partial charge is 0.508 e. The Bertz CT molecular complexity index is 3220. The molecular formula is C58H76N4O28S. The molecule has 5 aliphatic heterocycles. The molecule has 21 atom stereocenters. The standard InChI is InChI=1S/C58H76N4O28S/c1-23-42(72)45(75)46(76)54(83-23)88-50-41(61-25(3)67)53(82-15-7-5-4-6-14-59-57(91)62-26-8-11-29(32(16-26)52(78)79)39-30-12-9-27(68)17-35(30)84-36-18-28(69)10-13-31(36)39)86-38(22-65)48(50)87-55-47(77)51(44(74)37(21-64)85-55)90-58(56(80)81)19-33(70)40(60-24(2)66)49(89-58)43(73)34(71)20-63/h8-13,16-18,23,33-34,37-38,40-51,53-55,63-65,68,70-77H,4-7,14-15,19-22H2,1-3H3,(H,60,66)(H,61,67)(H,78,79)(H,80,81)(H2,59,62,91)/t23-,33+,34+,37-,38-,40+,41-,42+,43+,44-,45-,46-,47-,48+,49+,50+,51-,53+,54-,55-,58-/m0/s1. The molecule has 6 aliphatic rings. The predicted molar refractivity (Wildman–Crippen MR) is 312 cm³/mol. The zero-order valence-corrected chi connectivity index (χ0v) is 50.0. The number of rotatable bonds is 25. The van der Waals surface area contributed by atoms with Crippen LogP contribution in [-0.2, 0) is 52.3 Å². The molecule has 0 aromatic heterocycles. The van der Waals surface area contributed by atoms with Crippen LogP contribution in [0, 0.1) is 0 Å². The number of carbonyl (C=O) groups excluding carboxylic acids is 2. The normalized spacial score (nSPS) is 32.5. The molecule has 0 bridgehead atoms. The summed E-state index contributed by atoms with van der Waals surface area (Å²) in [5.41, 5.74) is 1.39. The van der Waals surface area contributed by atoms with Crippen LogP contribution in [0.5, 0.6) is 5.75 Å². The number of aliphatic carboxylic acids is 1. The lowest BCUT2D eigenvalue weighted by molar-refractivity contribution is -0.391. The number of unbranched alkanes of at least 4 members (excludes halogenated alkanes) is 3. The lowest BCUT2D eigenvalue weighted by Gasteiger charge is -2.51. The highest BCUT2D eigenvalue weighted by atomic mass is 32.1. The fourth-order valence-corrected chi connectivity index (χ4v) is 11.7. The third kappa shape index (κ3) is 16.0. The zero-order valence-electron chi connectivity index (χ0n) is 49.2. The molecule has 502 valence electrons. The minimum Gasteiger partial charge on any atom is -0.508 e. The van der Waals surface area contributed by atoms with Gasteiger partial charge in [0.15, 0.2) is 29.4 Å². The summed E-state index contributed by atoms with van der Waals surface area (Å²) in [6.07, 6.45) is -33.3. The number of amides is 2. The molecule has 32 nitrogen and oxygen atoms in total. The van der Waals surface area contributed by atoms with E-state index in [1.165, 1.54) is 37.3 Å². The lowest BCUT2D eigenvalue weighted by Crippen LogP contribution is -2.71. The molecule has 18 N–H and O–H groups in total. The van der Waals surface area contributed by atoms with Crippen LogP contribution in [0.15, 0.2) is 63.8 Å². The van der Waals surface area contributed by atoms with Crippen LogP contribution >= 0.6 is 12.2 Å². The van der Waals surface area contributed by atoms with E-state index in [4.69, 9.17) is 54.5 Å². The number of aromatic hydroxyl groups is 1. The highest BCUT2D eigenvalue weighted by Gasteiger charge is 2.61. The monoisotopic (exact) mass is 1310 g/mol. The summed E-state index contributed by atoms with van der Waals surface area (Å²) >= 11 is 5.53. The number of aromatic carboxylic acids is 1. The first-order valence-corrected chi connectivity index (χ1v) is 29.5. The van der Waals surface area contributed by atoms with Crippen molar-refractivity contribution in [1.82, 2.24) is 16.0 Å². The molecule has 0 radical (unpaired) electrons. The average Bonchev–Trinajstić information content (AvgIpc) is 0.773. The van der Waals surface area contributed by atoms with Gasteiger partial charge in [-0.15, -0.1) is 0 Å². The Morgan fingerprint density at radius 1 is 0.725 bits per heavy atom. The number of carbonyl (C=O) groups is 4. The van der Waals surface area contributed by atoms with Gasteiger partial charge in [0, 0.05) is 67.8 Å². The highest BCUT2D eigenvalue weighted by Crippen LogP contribution is 2.44. The molecule has 0 saturated carbocycles. The van der Waals surface area contributed by atoms with Gasteiger partial charge >= 0.3 is 11.9 Å². The molecule has 2 aromatic carbocycles. The van der Waals surface area contributed by atoms with E-state index < -0.39 is 178 Å². The van der Waals surface area contributed by atoms with Gasteiger partial charge in [0.25, 0.3) is 5.79 Å². The maximum absolute atomic E-state index is 13.2. The summed E-state index contributed by atoms with van der Waals surface area (Å²) in [6, 6.07) is 10.0. The molecule has 33 heteroatoms. The Balaban J connectivity index is 0.938. The van der Waals surface area contributed by atoms with E-state index in [1.807, 2.05) is 0 Å². The van der Waals surface area contributed by atoms with Gasteiger partial charge in [0.05, 0.1) is 43.6 Å². The number of phenolic OH excluding ortho intramolecular Hbond substituents is 1. The molecule has 4 saturated heterocycles. The first kappa shape index (κ1) is 70.6. The molecule has 5 heterocycles. The molecule has 2 aromatic rings. The number of ether oxygens (including phenoxy) is 8. The Hall–Kier alpha value is -6.26. The van der Waals surface area contributed by atoms with E-state index >= 15 is 0 Å². The van der Waals surface area contributed by atoms with Crippen LogP contribution in [0.2, 0.25) is 0 Å². The molecule has 0 unspecified atom stereocenters. The Morgan fingerprint density at radius 2 is 1.38 bits per heavy atom. The topological polar surface area (TPSA) is 504 Å². The number of aliphatic hydroxyl groups is 11. The SMILES string of the molecule is CC(=O)N[C@@H]1[C@H](OCCCCCCNC(=S)Nc2ccc(-c3c4ccc(=O)cc-4oc4cc(O)ccc34)c(C(=O)O)c2)O[C@@H](CO)[C@@H](O[C@@H]2O[C@@H](CO)[C@H](O)[C@H](O[C@]3(C(=O)O)C[C@@H](O)[C@@H](NC(C)=O)[C@H]([C@H](O)[C@H](O)CO)O3)[C@@H]2O)[C@@H]1O[C@@H]1O[C@@H](C)[C@@H](O)[C@H](O)[C@@H]1O. The summed E-state index contributed by atoms with van der Waals surface area (Å²) in [4.78, 5) is 63.4. The van der Waals surface area contributed by atoms with Gasteiger partial charge < -0.3 is 135 Å². The molecule has 2 amide bonds. The number of nitrogens with one attached hydrogen (secondary N) is 4. The fourth-order valence-electron chi connectivity index (χ4n) is 11.4. The number of carboxylic acids is 2. The molecule has 4 fully saturated rings. The summed E-state index contributed by atoms with van der Waals surface area (Å²) in [6.45, 7) is 0.625. The average molecular weight is 1310 g/mol. The summed E-state index contributed by atoms with van der Waals surface area (Å²) in [5, 5.41) is 162. The summed E-state index contributed by atoms with van der Waals surface area (Å²) < 4.78 is 53.9. The second kappa shape index (κ2) is 30.7. The molecular weight excluding hydrogens is 1230 g/mol. The van der Waals surface area contributed by atoms with E-state index in [0.29, 0.717) is 60.0 Å². The predicted octanol–water partition coefficient (Wildman–Crippen LogP) is -3.37. The molecule has 8 rings (SSSR count). The number of fused-ring (bicyclic) bond motifs is 2. The number of aliphatic hydroxyl groups excluding tert-OH is 11. The maximum Gasteiger partial charge on any atom is 0.364 e. The van der Waals surface area contributed by atoms with Gasteiger partial charge in [-0.25, -0.2) is 9.59 Å². The van der Waals surface area contributed by atoms with Gasteiger partial charge in [-0.05, 0) is 73.9 Å². The van der Waals surface area contributed by atoms with Crippen LogP contribution in [0.1, 0.15) is 63.2 Å². The molecule has 0 spiro atoms.